The summed E-state index contributed by atoms with van der Waals surface area (Å²) in [4.78, 5) is 12.3. The highest BCUT2D eigenvalue weighted by atomic mass is 32.2. The summed E-state index contributed by atoms with van der Waals surface area (Å²) in [7, 11) is -2.60. The summed E-state index contributed by atoms with van der Waals surface area (Å²) < 4.78 is 84.7. The molecule has 1 fully saturated rings. The molecule has 2 aromatic carbocycles. The third-order valence-electron chi connectivity index (χ3n) is 4.89. The lowest BCUT2D eigenvalue weighted by Gasteiger charge is -2.26. The molecule has 1 aliphatic rings. The van der Waals surface area contributed by atoms with Crippen molar-refractivity contribution in [2.75, 3.05) is 25.5 Å². The van der Waals surface area contributed by atoms with Gasteiger partial charge in [0.2, 0.25) is 10.0 Å². The second-order valence-electron chi connectivity index (χ2n) is 6.98. The van der Waals surface area contributed by atoms with Gasteiger partial charge in [-0.05, 0) is 49.2 Å². The second-order valence-corrected chi connectivity index (χ2v) is 8.88. The van der Waals surface area contributed by atoms with Crippen LogP contribution in [0.5, 0.6) is 5.75 Å². The first-order chi connectivity index (χ1) is 14.5. The predicted octanol–water partition coefficient (Wildman–Crippen LogP) is 4.28. The maximum Gasteiger partial charge on any atom is 0.419 e. The molecule has 1 heterocycles. The largest absolute Gasteiger partial charge is 0.495 e. The van der Waals surface area contributed by atoms with Crippen molar-refractivity contribution in [1.82, 2.24) is 4.31 Å². The van der Waals surface area contributed by atoms with Crippen LogP contribution in [0.1, 0.15) is 35.2 Å². The molecule has 0 saturated carbocycles. The third kappa shape index (κ3) is 4.99. The molecule has 0 bridgehead atoms. The first-order valence-corrected chi connectivity index (χ1v) is 10.8. The molecule has 31 heavy (non-hydrogen) atoms. The van der Waals surface area contributed by atoms with Gasteiger partial charge < -0.3 is 10.1 Å². The molecule has 0 spiro atoms. The van der Waals surface area contributed by atoms with Gasteiger partial charge in [0.25, 0.3) is 5.91 Å². The van der Waals surface area contributed by atoms with E-state index >= 15 is 0 Å². The third-order valence-corrected chi connectivity index (χ3v) is 6.81. The lowest BCUT2D eigenvalue weighted by atomic mass is 10.1. The number of rotatable bonds is 5. The minimum atomic E-state index is -4.96. The molecule has 11 heteroatoms. The van der Waals surface area contributed by atoms with Crippen molar-refractivity contribution in [3.8, 4) is 5.75 Å². The highest BCUT2D eigenvalue weighted by molar-refractivity contribution is 7.89. The Morgan fingerprint density at radius 3 is 2.35 bits per heavy atom. The van der Waals surface area contributed by atoms with Crippen LogP contribution in [0.4, 0.5) is 23.2 Å². The van der Waals surface area contributed by atoms with Crippen LogP contribution in [-0.4, -0.2) is 38.8 Å². The molecule has 3 rings (SSSR count). The molecule has 168 valence electrons. The number of carbonyl (C=O) groups is 1. The molecule has 0 atom stereocenters. The number of anilines is 1. The Morgan fingerprint density at radius 1 is 1.06 bits per heavy atom. The standard InChI is InChI=1S/C20H20F4N2O4S/c1-30-17-8-6-14(12-18(17)31(28,29)26-9-3-2-4-10-26)25-19(27)13-5-7-16(21)15(11-13)20(22,23)24/h5-8,11-12H,2-4,9-10H2,1H3,(H,25,27). The van der Waals surface area contributed by atoms with Gasteiger partial charge in [-0.1, -0.05) is 6.42 Å². The average Bonchev–Trinajstić information content (AvgIpc) is 2.73. The van der Waals surface area contributed by atoms with Crippen molar-refractivity contribution in [2.24, 2.45) is 0 Å². The zero-order valence-corrected chi connectivity index (χ0v) is 17.3. The number of hydrogen-bond donors (Lipinski definition) is 1. The van der Waals surface area contributed by atoms with E-state index in [0.717, 1.165) is 25.3 Å². The van der Waals surface area contributed by atoms with Crippen LogP contribution in [-0.2, 0) is 16.2 Å². The number of nitrogens with zero attached hydrogens (tertiary/aromatic N) is 1. The number of sulfonamides is 1. The molecular weight excluding hydrogens is 440 g/mol. The molecular formula is C20H20F4N2O4S. The van der Waals surface area contributed by atoms with Gasteiger partial charge in [0.1, 0.15) is 16.5 Å². The van der Waals surface area contributed by atoms with Crippen molar-refractivity contribution in [2.45, 2.75) is 30.3 Å². The van der Waals surface area contributed by atoms with Gasteiger partial charge in [-0.25, -0.2) is 12.8 Å². The van der Waals surface area contributed by atoms with Gasteiger partial charge in [0.05, 0.1) is 12.7 Å². The Bertz CT molecular complexity index is 1080. The van der Waals surface area contributed by atoms with Gasteiger partial charge >= 0.3 is 6.18 Å². The number of halogens is 4. The van der Waals surface area contributed by atoms with E-state index in [1.165, 1.54) is 29.6 Å². The van der Waals surface area contributed by atoms with Crippen molar-refractivity contribution in [3.63, 3.8) is 0 Å². The smallest absolute Gasteiger partial charge is 0.419 e. The number of hydrogen-bond acceptors (Lipinski definition) is 4. The molecule has 1 aliphatic heterocycles. The van der Waals surface area contributed by atoms with Gasteiger partial charge in [-0.15, -0.1) is 0 Å². The molecule has 6 nitrogen and oxygen atoms in total. The van der Waals surface area contributed by atoms with E-state index in [4.69, 9.17) is 4.74 Å². The second kappa shape index (κ2) is 8.83. The number of piperidine rings is 1. The van der Waals surface area contributed by atoms with E-state index in [2.05, 4.69) is 5.32 Å². The normalized spacial score (nSPS) is 15.5. The SMILES string of the molecule is COc1ccc(NC(=O)c2ccc(F)c(C(F)(F)F)c2)cc1S(=O)(=O)N1CCCCC1. The monoisotopic (exact) mass is 460 g/mol. The molecule has 0 aliphatic carbocycles. The summed E-state index contributed by atoms with van der Waals surface area (Å²) in [6, 6.07) is 5.76. The summed E-state index contributed by atoms with van der Waals surface area (Å²) in [6.07, 6.45) is -2.58. The minimum absolute atomic E-state index is 0.0410. The fourth-order valence-corrected chi connectivity index (χ4v) is 4.99. The first kappa shape index (κ1) is 23.0. The van der Waals surface area contributed by atoms with Crippen LogP contribution in [0.3, 0.4) is 0 Å². The van der Waals surface area contributed by atoms with Crippen LogP contribution in [0.25, 0.3) is 0 Å². The summed E-state index contributed by atoms with van der Waals surface area (Å²) in [6.45, 7) is 0.718. The predicted molar refractivity (Wildman–Crippen MR) is 105 cm³/mol. The fraction of sp³-hybridized carbons (Fsp3) is 0.350. The summed E-state index contributed by atoms with van der Waals surface area (Å²) >= 11 is 0. The Kier molecular flexibility index (Phi) is 6.56. The van der Waals surface area contributed by atoms with Gasteiger partial charge in [0, 0.05) is 24.3 Å². The number of methoxy groups -OCH3 is 1. The number of ether oxygens (including phenoxy) is 1. The lowest BCUT2D eigenvalue weighted by Crippen LogP contribution is -2.35. The fourth-order valence-electron chi connectivity index (χ4n) is 3.29. The average molecular weight is 460 g/mol. The maximum absolute atomic E-state index is 13.5. The first-order valence-electron chi connectivity index (χ1n) is 9.40. The van der Waals surface area contributed by atoms with E-state index in [0.29, 0.717) is 25.2 Å². The lowest BCUT2D eigenvalue weighted by molar-refractivity contribution is -0.140. The highest BCUT2D eigenvalue weighted by Gasteiger charge is 2.35. The quantitative estimate of drug-likeness (QED) is 0.676. The molecule has 0 aromatic heterocycles. The number of alkyl halides is 3. The van der Waals surface area contributed by atoms with Crippen LogP contribution in [0.15, 0.2) is 41.3 Å². The van der Waals surface area contributed by atoms with E-state index in [-0.39, 0.29) is 16.3 Å². The summed E-state index contributed by atoms with van der Waals surface area (Å²) in [5.74, 6) is -2.37. The molecule has 0 radical (unpaired) electrons. The van der Waals surface area contributed by atoms with Crippen LogP contribution < -0.4 is 10.1 Å². The van der Waals surface area contributed by atoms with Crippen LogP contribution in [0, 0.1) is 5.82 Å². The summed E-state index contributed by atoms with van der Waals surface area (Å²) in [5.41, 5.74) is -1.95. The van der Waals surface area contributed by atoms with Gasteiger partial charge in [0.15, 0.2) is 0 Å². The molecule has 2 aromatic rings. The van der Waals surface area contributed by atoms with Crippen molar-refractivity contribution < 1.29 is 35.5 Å². The van der Waals surface area contributed by atoms with Gasteiger partial charge in [-0.2, -0.15) is 17.5 Å². The van der Waals surface area contributed by atoms with Crippen molar-refractivity contribution >= 4 is 21.6 Å². The zero-order chi connectivity index (χ0) is 22.8. The van der Waals surface area contributed by atoms with E-state index in [1.807, 2.05) is 0 Å². The molecule has 1 amide bonds. The van der Waals surface area contributed by atoms with Crippen molar-refractivity contribution in [3.05, 3.63) is 53.3 Å². The van der Waals surface area contributed by atoms with Crippen LogP contribution >= 0.6 is 0 Å². The molecule has 0 unspecified atom stereocenters. The number of amides is 1. The number of carbonyl (C=O) groups excluding carboxylic acids is 1. The highest BCUT2D eigenvalue weighted by Crippen LogP contribution is 2.33. The molecule has 1 saturated heterocycles. The van der Waals surface area contributed by atoms with Crippen LogP contribution in [0.2, 0.25) is 0 Å². The van der Waals surface area contributed by atoms with E-state index in [1.54, 1.807) is 0 Å². The number of nitrogens with one attached hydrogen (secondary N) is 1. The maximum atomic E-state index is 13.5. The Labute approximate surface area is 176 Å². The summed E-state index contributed by atoms with van der Waals surface area (Å²) in [5, 5.41) is 2.36. The van der Waals surface area contributed by atoms with E-state index < -0.39 is 39.1 Å². The Balaban J connectivity index is 1.91. The minimum Gasteiger partial charge on any atom is -0.495 e. The topological polar surface area (TPSA) is 75.7 Å². The molecule has 1 N–H and O–H groups in total. The zero-order valence-electron chi connectivity index (χ0n) is 16.5. The van der Waals surface area contributed by atoms with Crippen molar-refractivity contribution in [1.29, 1.82) is 0 Å². The number of benzene rings is 2. The Hall–Kier alpha value is -2.66. The van der Waals surface area contributed by atoms with Gasteiger partial charge in [-0.3, -0.25) is 4.79 Å². The van der Waals surface area contributed by atoms with E-state index in [9.17, 15) is 30.8 Å². The Morgan fingerprint density at radius 2 is 1.74 bits per heavy atom.